The first-order valence-corrected chi connectivity index (χ1v) is 4.98. The van der Waals surface area contributed by atoms with E-state index in [1.165, 1.54) is 0 Å². The third-order valence-electron chi connectivity index (χ3n) is 2.33. The van der Waals surface area contributed by atoms with Gasteiger partial charge in [-0.15, -0.1) is 0 Å². The Morgan fingerprint density at radius 2 is 2.00 bits per heavy atom. The molecule has 0 fully saturated rings. The Bertz CT molecular complexity index is 166. The maximum atomic E-state index is 11.4. The van der Waals surface area contributed by atoms with Gasteiger partial charge in [0.25, 0.3) is 0 Å². The quantitative estimate of drug-likeness (QED) is 0.682. The van der Waals surface area contributed by atoms with E-state index in [9.17, 15) is 4.79 Å². The van der Waals surface area contributed by atoms with Crippen molar-refractivity contribution < 1.29 is 4.79 Å². The van der Waals surface area contributed by atoms with Crippen molar-refractivity contribution >= 4 is 5.91 Å². The molecular formula is C10H22N2O. The van der Waals surface area contributed by atoms with Crippen LogP contribution in [-0.4, -0.2) is 17.5 Å². The molecule has 0 spiro atoms. The van der Waals surface area contributed by atoms with Crippen LogP contribution in [0.15, 0.2) is 0 Å². The van der Waals surface area contributed by atoms with Crippen molar-refractivity contribution in [2.45, 2.75) is 58.5 Å². The molecule has 1 amide bonds. The van der Waals surface area contributed by atoms with Gasteiger partial charge in [-0.2, -0.15) is 0 Å². The van der Waals surface area contributed by atoms with Gasteiger partial charge in [0, 0.05) is 18.0 Å². The average Bonchev–Trinajstić information content (AvgIpc) is 2.03. The highest BCUT2D eigenvalue weighted by Crippen LogP contribution is 2.07. The molecule has 1 atom stereocenters. The molecule has 0 aromatic rings. The van der Waals surface area contributed by atoms with Gasteiger partial charge in [-0.05, 0) is 26.7 Å². The highest BCUT2D eigenvalue weighted by atomic mass is 16.1. The Morgan fingerprint density at radius 1 is 1.46 bits per heavy atom. The van der Waals surface area contributed by atoms with Gasteiger partial charge in [0.05, 0.1) is 0 Å². The molecule has 3 N–H and O–H groups in total. The Hall–Kier alpha value is -0.570. The van der Waals surface area contributed by atoms with Gasteiger partial charge in [-0.3, -0.25) is 4.79 Å². The summed E-state index contributed by atoms with van der Waals surface area (Å²) in [6.45, 7) is 8.08. The summed E-state index contributed by atoms with van der Waals surface area (Å²) in [5.41, 5.74) is 5.57. The van der Waals surface area contributed by atoms with Crippen LogP contribution in [0.4, 0.5) is 0 Å². The lowest BCUT2D eigenvalue weighted by Crippen LogP contribution is -2.44. The second-order valence-corrected chi connectivity index (χ2v) is 4.16. The van der Waals surface area contributed by atoms with Crippen LogP contribution < -0.4 is 11.1 Å². The predicted octanol–water partition coefficient (Wildman–Crippen LogP) is 1.42. The van der Waals surface area contributed by atoms with Gasteiger partial charge in [0.2, 0.25) is 5.91 Å². The minimum atomic E-state index is -0.107. The highest BCUT2D eigenvalue weighted by molar-refractivity contribution is 5.77. The first kappa shape index (κ1) is 12.4. The second-order valence-electron chi connectivity index (χ2n) is 4.16. The van der Waals surface area contributed by atoms with Gasteiger partial charge in [-0.1, -0.05) is 13.8 Å². The van der Waals surface area contributed by atoms with Gasteiger partial charge >= 0.3 is 0 Å². The molecule has 0 aliphatic carbocycles. The fourth-order valence-electron chi connectivity index (χ4n) is 0.899. The SMILES string of the molecule is CCC(N)CC(=O)NC(C)(C)CC. The number of carbonyl (C=O) groups is 1. The minimum Gasteiger partial charge on any atom is -0.351 e. The maximum absolute atomic E-state index is 11.4. The molecule has 13 heavy (non-hydrogen) atoms. The molecule has 1 unspecified atom stereocenters. The number of amides is 1. The van der Waals surface area contributed by atoms with Crippen molar-refractivity contribution in [1.29, 1.82) is 0 Å². The molecule has 0 bridgehead atoms. The van der Waals surface area contributed by atoms with Crippen molar-refractivity contribution in [3.63, 3.8) is 0 Å². The number of hydrogen-bond acceptors (Lipinski definition) is 2. The zero-order valence-corrected chi connectivity index (χ0v) is 9.18. The lowest BCUT2D eigenvalue weighted by molar-refractivity contribution is -0.123. The number of hydrogen-bond donors (Lipinski definition) is 2. The van der Waals surface area contributed by atoms with Gasteiger partial charge < -0.3 is 11.1 Å². The molecule has 0 saturated carbocycles. The molecule has 0 aromatic carbocycles. The molecule has 0 radical (unpaired) electrons. The summed E-state index contributed by atoms with van der Waals surface area (Å²) >= 11 is 0. The Balaban J connectivity index is 3.87. The van der Waals surface area contributed by atoms with Crippen LogP contribution in [0.2, 0.25) is 0 Å². The molecule has 78 valence electrons. The molecule has 0 heterocycles. The summed E-state index contributed by atoms with van der Waals surface area (Å²) in [6, 6.07) is -0.00680. The number of carbonyl (C=O) groups excluding carboxylic acids is 1. The Kier molecular flexibility index (Phi) is 4.99. The summed E-state index contributed by atoms with van der Waals surface area (Å²) in [7, 11) is 0. The van der Waals surface area contributed by atoms with E-state index < -0.39 is 0 Å². The van der Waals surface area contributed by atoms with Crippen molar-refractivity contribution in [3.8, 4) is 0 Å². The number of rotatable bonds is 5. The normalized spacial score (nSPS) is 13.9. The minimum absolute atomic E-state index is 0.00680. The van der Waals surface area contributed by atoms with Crippen LogP contribution in [0, 0.1) is 0 Å². The predicted molar refractivity (Wildman–Crippen MR) is 55.4 cm³/mol. The van der Waals surface area contributed by atoms with E-state index in [2.05, 4.69) is 12.2 Å². The lowest BCUT2D eigenvalue weighted by atomic mass is 10.0. The molecule has 3 heteroatoms. The van der Waals surface area contributed by atoms with E-state index in [-0.39, 0.29) is 17.5 Å². The monoisotopic (exact) mass is 186 g/mol. The van der Waals surface area contributed by atoms with Crippen LogP contribution in [-0.2, 0) is 4.79 Å². The van der Waals surface area contributed by atoms with Crippen LogP contribution in [0.1, 0.15) is 47.0 Å². The molecule has 0 rings (SSSR count). The van der Waals surface area contributed by atoms with E-state index in [1.807, 2.05) is 20.8 Å². The first-order chi connectivity index (χ1) is 5.91. The third-order valence-corrected chi connectivity index (χ3v) is 2.33. The summed E-state index contributed by atoms with van der Waals surface area (Å²) in [5.74, 6) is 0.0567. The Morgan fingerprint density at radius 3 is 2.38 bits per heavy atom. The van der Waals surface area contributed by atoms with Crippen molar-refractivity contribution in [1.82, 2.24) is 5.32 Å². The van der Waals surface area contributed by atoms with E-state index in [1.54, 1.807) is 0 Å². The molecule has 0 aromatic heterocycles. The van der Waals surface area contributed by atoms with E-state index in [0.717, 1.165) is 12.8 Å². The van der Waals surface area contributed by atoms with Gasteiger partial charge in [0.1, 0.15) is 0 Å². The lowest BCUT2D eigenvalue weighted by Gasteiger charge is -2.25. The number of nitrogens with one attached hydrogen (secondary N) is 1. The topological polar surface area (TPSA) is 55.1 Å². The van der Waals surface area contributed by atoms with Crippen molar-refractivity contribution in [2.24, 2.45) is 5.73 Å². The fraction of sp³-hybridized carbons (Fsp3) is 0.900. The second kappa shape index (κ2) is 5.22. The first-order valence-electron chi connectivity index (χ1n) is 4.98. The van der Waals surface area contributed by atoms with Crippen LogP contribution in [0.5, 0.6) is 0 Å². The highest BCUT2D eigenvalue weighted by Gasteiger charge is 2.18. The molecule has 0 aliphatic rings. The smallest absolute Gasteiger partial charge is 0.221 e. The zero-order chi connectivity index (χ0) is 10.5. The molecule has 3 nitrogen and oxygen atoms in total. The molecular weight excluding hydrogens is 164 g/mol. The van der Waals surface area contributed by atoms with Crippen LogP contribution in [0.3, 0.4) is 0 Å². The largest absolute Gasteiger partial charge is 0.351 e. The molecule has 0 saturated heterocycles. The van der Waals surface area contributed by atoms with Crippen LogP contribution in [0.25, 0.3) is 0 Å². The number of nitrogens with two attached hydrogens (primary N) is 1. The summed E-state index contributed by atoms with van der Waals surface area (Å²) < 4.78 is 0. The van der Waals surface area contributed by atoms with Gasteiger partial charge in [0.15, 0.2) is 0 Å². The zero-order valence-electron chi connectivity index (χ0n) is 9.18. The van der Waals surface area contributed by atoms with E-state index >= 15 is 0 Å². The van der Waals surface area contributed by atoms with Crippen molar-refractivity contribution in [3.05, 3.63) is 0 Å². The van der Waals surface area contributed by atoms with E-state index in [0.29, 0.717) is 6.42 Å². The van der Waals surface area contributed by atoms with Gasteiger partial charge in [-0.25, -0.2) is 0 Å². The standard InChI is InChI=1S/C10H22N2O/c1-5-8(11)7-9(13)12-10(3,4)6-2/h8H,5-7,11H2,1-4H3,(H,12,13). The van der Waals surface area contributed by atoms with Crippen molar-refractivity contribution in [2.75, 3.05) is 0 Å². The maximum Gasteiger partial charge on any atom is 0.221 e. The summed E-state index contributed by atoms with van der Waals surface area (Å²) in [4.78, 5) is 11.4. The fourth-order valence-corrected chi connectivity index (χ4v) is 0.899. The summed E-state index contributed by atoms with van der Waals surface area (Å²) in [6.07, 6.45) is 2.21. The van der Waals surface area contributed by atoms with Crippen LogP contribution >= 0.6 is 0 Å². The van der Waals surface area contributed by atoms with E-state index in [4.69, 9.17) is 5.73 Å². The summed E-state index contributed by atoms with van der Waals surface area (Å²) in [5, 5.41) is 2.95. The molecule has 0 aliphatic heterocycles. The third kappa shape index (κ3) is 5.64. The average molecular weight is 186 g/mol. The Labute approximate surface area is 81.1 Å².